The molecule has 1 aliphatic heterocycles. The van der Waals surface area contributed by atoms with Crippen molar-refractivity contribution >= 4 is 33.1 Å². The number of aryl methyl sites for hydroxylation is 1. The lowest BCUT2D eigenvalue weighted by molar-refractivity contribution is 0.0748. The van der Waals surface area contributed by atoms with Crippen LogP contribution in [0, 0.1) is 24.1 Å². The highest BCUT2D eigenvalue weighted by Gasteiger charge is 2.25. The summed E-state index contributed by atoms with van der Waals surface area (Å²) in [4.78, 5) is 25.3. The van der Waals surface area contributed by atoms with E-state index in [9.17, 15) is 9.18 Å². The standard InChI is InChI=1S/C19H16FN5OS/c1-12-23-17-11-22-10-16(18(17)27-12)19(26)25-4-2-24(3-5-25)15-7-13(9-21)6-14(20)8-15/h6-8,10-11H,2-5H2,1H3. The van der Waals surface area contributed by atoms with E-state index in [1.807, 2.05) is 17.9 Å². The highest BCUT2D eigenvalue weighted by molar-refractivity contribution is 7.18. The van der Waals surface area contributed by atoms with E-state index in [1.54, 1.807) is 23.4 Å². The van der Waals surface area contributed by atoms with Gasteiger partial charge in [0.15, 0.2) is 0 Å². The summed E-state index contributed by atoms with van der Waals surface area (Å²) in [6.45, 7) is 4.10. The van der Waals surface area contributed by atoms with Crippen LogP contribution in [0.4, 0.5) is 10.1 Å². The molecule has 2 aromatic heterocycles. The summed E-state index contributed by atoms with van der Waals surface area (Å²) in [5.74, 6) is -0.491. The van der Waals surface area contributed by atoms with E-state index in [2.05, 4.69) is 9.97 Å². The van der Waals surface area contributed by atoms with Crippen LogP contribution in [0.3, 0.4) is 0 Å². The van der Waals surface area contributed by atoms with Crippen LogP contribution in [0.25, 0.3) is 10.2 Å². The van der Waals surface area contributed by atoms with Crippen LogP contribution in [0.15, 0.2) is 30.6 Å². The van der Waals surface area contributed by atoms with E-state index in [1.165, 1.54) is 23.5 Å². The molecule has 136 valence electrons. The van der Waals surface area contributed by atoms with Gasteiger partial charge in [0.05, 0.1) is 33.1 Å². The molecule has 0 N–H and O–H groups in total. The summed E-state index contributed by atoms with van der Waals surface area (Å²) < 4.78 is 14.6. The Morgan fingerprint density at radius 2 is 2.00 bits per heavy atom. The number of rotatable bonds is 2. The highest BCUT2D eigenvalue weighted by atomic mass is 32.1. The van der Waals surface area contributed by atoms with Gasteiger partial charge in [-0.05, 0) is 25.1 Å². The molecule has 6 nitrogen and oxygen atoms in total. The Morgan fingerprint density at radius 3 is 2.74 bits per heavy atom. The van der Waals surface area contributed by atoms with Crippen LogP contribution < -0.4 is 4.90 Å². The number of pyridine rings is 1. The first kappa shape index (κ1) is 17.4. The van der Waals surface area contributed by atoms with Gasteiger partial charge in [-0.25, -0.2) is 9.37 Å². The average Bonchev–Trinajstić information content (AvgIpc) is 3.07. The van der Waals surface area contributed by atoms with Gasteiger partial charge in [0.25, 0.3) is 5.91 Å². The maximum absolute atomic E-state index is 13.7. The monoisotopic (exact) mass is 381 g/mol. The van der Waals surface area contributed by atoms with Gasteiger partial charge in [-0.1, -0.05) is 0 Å². The first-order chi connectivity index (χ1) is 13.0. The molecule has 0 spiro atoms. The van der Waals surface area contributed by atoms with Gasteiger partial charge in [0.1, 0.15) is 11.3 Å². The number of hydrogen-bond donors (Lipinski definition) is 0. The number of hydrogen-bond acceptors (Lipinski definition) is 6. The summed E-state index contributed by atoms with van der Waals surface area (Å²) in [7, 11) is 0. The number of carbonyl (C=O) groups is 1. The minimum absolute atomic E-state index is 0.0617. The van der Waals surface area contributed by atoms with Crippen LogP contribution >= 0.6 is 11.3 Å². The molecular weight excluding hydrogens is 365 g/mol. The van der Waals surface area contributed by atoms with Crippen molar-refractivity contribution in [3.05, 3.63) is 52.5 Å². The van der Waals surface area contributed by atoms with E-state index < -0.39 is 5.82 Å². The Kier molecular flexibility index (Phi) is 4.46. The van der Waals surface area contributed by atoms with Gasteiger partial charge < -0.3 is 9.80 Å². The summed E-state index contributed by atoms with van der Waals surface area (Å²) in [5, 5.41) is 9.92. The number of thiazole rings is 1. The van der Waals surface area contributed by atoms with Crippen molar-refractivity contribution in [1.29, 1.82) is 5.26 Å². The number of halogens is 1. The number of piperazine rings is 1. The van der Waals surface area contributed by atoms with Crippen LogP contribution in [0.1, 0.15) is 20.9 Å². The Bertz CT molecular complexity index is 1070. The van der Waals surface area contributed by atoms with Crippen molar-refractivity contribution in [3.63, 3.8) is 0 Å². The predicted octanol–water partition coefficient (Wildman–Crippen LogP) is 2.97. The number of nitriles is 1. The number of fused-ring (bicyclic) bond motifs is 1. The molecule has 1 aliphatic rings. The zero-order valence-corrected chi connectivity index (χ0v) is 15.5. The molecule has 27 heavy (non-hydrogen) atoms. The van der Waals surface area contributed by atoms with Crippen molar-refractivity contribution in [1.82, 2.24) is 14.9 Å². The summed E-state index contributed by atoms with van der Waals surface area (Å²) in [5.41, 5.74) is 2.28. The fourth-order valence-corrected chi connectivity index (χ4v) is 4.17. The molecule has 0 saturated carbocycles. The molecule has 1 aromatic carbocycles. The Morgan fingerprint density at radius 1 is 1.22 bits per heavy atom. The van der Waals surface area contributed by atoms with E-state index in [0.29, 0.717) is 43.0 Å². The molecule has 8 heteroatoms. The fourth-order valence-electron chi connectivity index (χ4n) is 3.28. The second kappa shape index (κ2) is 6.93. The number of amides is 1. The van der Waals surface area contributed by atoms with E-state index >= 15 is 0 Å². The third-order valence-electron chi connectivity index (χ3n) is 4.58. The Hall–Kier alpha value is -3.05. The number of nitrogens with zero attached hydrogens (tertiary/aromatic N) is 5. The largest absolute Gasteiger partial charge is 0.368 e. The SMILES string of the molecule is Cc1nc2cncc(C(=O)N3CCN(c4cc(F)cc(C#N)c4)CC3)c2s1. The molecule has 0 atom stereocenters. The maximum Gasteiger partial charge on any atom is 0.257 e. The average molecular weight is 381 g/mol. The van der Waals surface area contributed by atoms with E-state index in [0.717, 1.165) is 15.2 Å². The Balaban J connectivity index is 1.51. The second-order valence-electron chi connectivity index (χ2n) is 6.36. The van der Waals surface area contributed by atoms with Crippen molar-refractivity contribution in [3.8, 4) is 6.07 Å². The third kappa shape index (κ3) is 3.34. The zero-order chi connectivity index (χ0) is 19.0. The van der Waals surface area contributed by atoms with Crippen LogP contribution in [0.2, 0.25) is 0 Å². The first-order valence-corrected chi connectivity index (χ1v) is 9.33. The third-order valence-corrected chi connectivity index (χ3v) is 5.60. The molecule has 0 bridgehead atoms. The van der Waals surface area contributed by atoms with Gasteiger partial charge in [0.2, 0.25) is 0 Å². The van der Waals surface area contributed by atoms with Crippen molar-refractivity contribution < 1.29 is 9.18 Å². The molecule has 1 amide bonds. The molecule has 3 aromatic rings. The van der Waals surface area contributed by atoms with Gasteiger partial charge in [0, 0.05) is 38.1 Å². The lowest BCUT2D eigenvalue weighted by atomic mass is 10.1. The Labute approximate surface area is 159 Å². The van der Waals surface area contributed by atoms with Crippen LogP contribution in [0.5, 0.6) is 0 Å². The lowest BCUT2D eigenvalue weighted by Gasteiger charge is -2.36. The fraction of sp³-hybridized carbons (Fsp3) is 0.263. The first-order valence-electron chi connectivity index (χ1n) is 8.51. The molecule has 1 saturated heterocycles. The van der Waals surface area contributed by atoms with E-state index in [4.69, 9.17) is 5.26 Å². The van der Waals surface area contributed by atoms with Gasteiger partial charge in [-0.15, -0.1) is 11.3 Å². The van der Waals surface area contributed by atoms with Gasteiger partial charge in [-0.3, -0.25) is 9.78 Å². The zero-order valence-electron chi connectivity index (χ0n) is 14.6. The molecule has 0 radical (unpaired) electrons. The summed E-state index contributed by atoms with van der Waals surface area (Å²) >= 11 is 1.49. The molecule has 4 rings (SSSR count). The molecule has 3 heterocycles. The summed E-state index contributed by atoms with van der Waals surface area (Å²) in [6, 6.07) is 6.28. The van der Waals surface area contributed by atoms with Crippen LogP contribution in [-0.2, 0) is 0 Å². The van der Waals surface area contributed by atoms with E-state index in [-0.39, 0.29) is 5.91 Å². The highest BCUT2D eigenvalue weighted by Crippen LogP contribution is 2.26. The molecule has 1 fully saturated rings. The minimum Gasteiger partial charge on any atom is -0.368 e. The molecule has 0 aliphatic carbocycles. The second-order valence-corrected chi connectivity index (χ2v) is 7.56. The quantitative estimate of drug-likeness (QED) is 0.682. The topological polar surface area (TPSA) is 73.1 Å². The molecule has 0 unspecified atom stereocenters. The van der Waals surface area contributed by atoms with Crippen molar-refractivity contribution in [2.45, 2.75) is 6.92 Å². The van der Waals surface area contributed by atoms with Crippen molar-refractivity contribution in [2.24, 2.45) is 0 Å². The number of carbonyl (C=O) groups excluding carboxylic acids is 1. The number of benzene rings is 1. The minimum atomic E-state index is -0.430. The summed E-state index contributed by atoms with van der Waals surface area (Å²) in [6.07, 6.45) is 3.27. The normalized spacial score (nSPS) is 14.4. The number of aromatic nitrogens is 2. The number of anilines is 1. The smallest absolute Gasteiger partial charge is 0.257 e. The maximum atomic E-state index is 13.7. The lowest BCUT2D eigenvalue weighted by Crippen LogP contribution is -2.48. The van der Waals surface area contributed by atoms with Gasteiger partial charge in [-0.2, -0.15) is 5.26 Å². The van der Waals surface area contributed by atoms with Crippen LogP contribution in [-0.4, -0.2) is 47.0 Å². The predicted molar refractivity (Wildman–Crippen MR) is 101 cm³/mol. The van der Waals surface area contributed by atoms with Crippen molar-refractivity contribution in [2.75, 3.05) is 31.1 Å². The van der Waals surface area contributed by atoms with Gasteiger partial charge >= 0.3 is 0 Å². The molecular formula is C19H16FN5OS.